The number of nitrogens with two attached hydrogens (primary N) is 2. The highest BCUT2D eigenvalue weighted by Gasteiger charge is 2.21. The number of ether oxygens (including phenoxy) is 1. The van der Waals surface area contributed by atoms with E-state index in [0.717, 1.165) is 0 Å². The summed E-state index contributed by atoms with van der Waals surface area (Å²) in [6, 6.07) is 5.21. The molecule has 1 aromatic rings. The molecule has 3 amide bonds. The van der Waals surface area contributed by atoms with Crippen molar-refractivity contribution in [2.75, 3.05) is 30.0 Å². The molecule has 112 valence electrons. The lowest BCUT2D eigenvalue weighted by Gasteiger charge is -2.26. The summed E-state index contributed by atoms with van der Waals surface area (Å²) >= 11 is 0. The Morgan fingerprint density at radius 3 is 2.52 bits per heavy atom. The van der Waals surface area contributed by atoms with Gasteiger partial charge in [0.2, 0.25) is 5.91 Å². The molecule has 21 heavy (non-hydrogen) atoms. The Morgan fingerprint density at radius 2 is 1.95 bits per heavy atom. The molecule has 0 aromatic heterocycles. The highest BCUT2D eigenvalue weighted by molar-refractivity contribution is 6.09. The van der Waals surface area contributed by atoms with Crippen LogP contribution in [0.4, 0.5) is 11.4 Å². The van der Waals surface area contributed by atoms with Crippen molar-refractivity contribution in [3.8, 4) is 0 Å². The van der Waals surface area contributed by atoms with Gasteiger partial charge in [0.25, 0.3) is 11.8 Å². The third-order valence-electron chi connectivity index (χ3n) is 3.02. The number of carbonyl (C=O) groups is 3. The van der Waals surface area contributed by atoms with Crippen LogP contribution in [0.25, 0.3) is 0 Å². The van der Waals surface area contributed by atoms with E-state index in [1.54, 1.807) is 29.2 Å². The van der Waals surface area contributed by atoms with E-state index < -0.39 is 17.9 Å². The van der Waals surface area contributed by atoms with Crippen molar-refractivity contribution in [2.45, 2.75) is 6.04 Å². The molecule has 1 aliphatic rings. The van der Waals surface area contributed by atoms with Gasteiger partial charge < -0.3 is 26.4 Å². The number of hydrogen-bond donors (Lipinski definition) is 3. The van der Waals surface area contributed by atoms with Crippen molar-refractivity contribution in [3.63, 3.8) is 0 Å². The number of amides is 3. The molecular formula is C13H16N4O4. The molecule has 8 nitrogen and oxygen atoms in total. The summed E-state index contributed by atoms with van der Waals surface area (Å²) in [5, 5.41) is 2.47. The Balaban J connectivity index is 2.03. The second-order valence-electron chi connectivity index (χ2n) is 4.51. The predicted molar refractivity (Wildman–Crippen MR) is 75.4 cm³/mol. The highest BCUT2D eigenvalue weighted by Crippen LogP contribution is 2.19. The Bertz CT molecular complexity index is 558. The van der Waals surface area contributed by atoms with Crippen molar-refractivity contribution in [1.29, 1.82) is 0 Å². The average Bonchev–Trinajstić information content (AvgIpc) is 2.47. The minimum atomic E-state index is -1.40. The fourth-order valence-corrected chi connectivity index (χ4v) is 1.86. The molecule has 2 rings (SSSR count). The van der Waals surface area contributed by atoms with Gasteiger partial charge in [-0.3, -0.25) is 14.4 Å². The standard InChI is InChI=1S/C13H16N4O4/c14-11(12(15)19)13(20)16-8-1-3-9(4-2-8)17-5-6-21-7-10(17)18/h1-4,11H,5-7,14H2,(H2,15,19)(H,16,20)/t11-/m0/s1. The van der Waals surface area contributed by atoms with E-state index in [-0.39, 0.29) is 12.5 Å². The van der Waals surface area contributed by atoms with Gasteiger partial charge in [-0.05, 0) is 24.3 Å². The summed E-state index contributed by atoms with van der Waals surface area (Å²) < 4.78 is 5.05. The maximum atomic E-state index is 11.7. The van der Waals surface area contributed by atoms with Crippen LogP contribution in [0.1, 0.15) is 0 Å². The smallest absolute Gasteiger partial charge is 0.253 e. The first kappa shape index (κ1) is 14.9. The van der Waals surface area contributed by atoms with Gasteiger partial charge in [0.1, 0.15) is 6.61 Å². The zero-order valence-electron chi connectivity index (χ0n) is 11.2. The second kappa shape index (κ2) is 6.33. The van der Waals surface area contributed by atoms with Crippen molar-refractivity contribution in [1.82, 2.24) is 0 Å². The van der Waals surface area contributed by atoms with E-state index in [1.165, 1.54) is 0 Å². The van der Waals surface area contributed by atoms with Gasteiger partial charge in [-0.25, -0.2) is 0 Å². The normalized spacial score (nSPS) is 16.4. The van der Waals surface area contributed by atoms with E-state index in [9.17, 15) is 14.4 Å². The zero-order chi connectivity index (χ0) is 15.4. The van der Waals surface area contributed by atoms with E-state index in [0.29, 0.717) is 24.5 Å². The number of benzene rings is 1. The lowest BCUT2D eigenvalue weighted by molar-refractivity contribution is -0.127. The van der Waals surface area contributed by atoms with E-state index in [4.69, 9.17) is 16.2 Å². The molecular weight excluding hydrogens is 276 g/mol. The Kier molecular flexibility index (Phi) is 4.51. The van der Waals surface area contributed by atoms with E-state index in [1.807, 2.05) is 0 Å². The molecule has 1 aliphatic heterocycles. The summed E-state index contributed by atoms with van der Waals surface area (Å²) in [4.78, 5) is 35.7. The maximum Gasteiger partial charge on any atom is 0.253 e. The predicted octanol–water partition coefficient (Wildman–Crippen LogP) is -1.20. The number of nitrogens with zero attached hydrogens (tertiary/aromatic N) is 1. The van der Waals surface area contributed by atoms with Gasteiger partial charge in [0.05, 0.1) is 6.61 Å². The van der Waals surface area contributed by atoms with Crippen LogP contribution in [0, 0.1) is 0 Å². The third kappa shape index (κ3) is 3.56. The number of primary amides is 1. The van der Waals surface area contributed by atoms with Crippen LogP contribution in [0.3, 0.4) is 0 Å². The maximum absolute atomic E-state index is 11.7. The minimum Gasteiger partial charge on any atom is -0.370 e. The van der Waals surface area contributed by atoms with Crippen LogP contribution in [-0.2, 0) is 19.1 Å². The topological polar surface area (TPSA) is 128 Å². The van der Waals surface area contributed by atoms with Crippen LogP contribution in [-0.4, -0.2) is 43.5 Å². The van der Waals surface area contributed by atoms with Gasteiger partial charge in [-0.1, -0.05) is 0 Å². The zero-order valence-corrected chi connectivity index (χ0v) is 11.2. The van der Waals surface area contributed by atoms with E-state index >= 15 is 0 Å². The van der Waals surface area contributed by atoms with Gasteiger partial charge in [-0.15, -0.1) is 0 Å². The average molecular weight is 292 g/mol. The fraction of sp³-hybridized carbons (Fsp3) is 0.308. The van der Waals surface area contributed by atoms with Crippen molar-refractivity contribution >= 4 is 29.1 Å². The lowest BCUT2D eigenvalue weighted by Crippen LogP contribution is -2.46. The van der Waals surface area contributed by atoms with Crippen LogP contribution in [0.5, 0.6) is 0 Å². The van der Waals surface area contributed by atoms with Gasteiger partial charge >= 0.3 is 0 Å². The first-order valence-electron chi connectivity index (χ1n) is 6.33. The molecule has 0 radical (unpaired) electrons. The molecule has 0 spiro atoms. The van der Waals surface area contributed by atoms with Crippen LogP contribution < -0.4 is 21.7 Å². The van der Waals surface area contributed by atoms with Crippen LogP contribution in [0.15, 0.2) is 24.3 Å². The van der Waals surface area contributed by atoms with E-state index in [2.05, 4.69) is 5.32 Å². The largest absolute Gasteiger partial charge is 0.370 e. The van der Waals surface area contributed by atoms with Crippen LogP contribution >= 0.6 is 0 Å². The molecule has 1 atom stereocenters. The quantitative estimate of drug-likeness (QED) is 0.601. The van der Waals surface area contributed by atoms with Crippen molar-refractivity contribution < 1.29 is 19.1 Å². The number of rotatable bonds is 4. The Hall–Kier alpha value is -2.45. The van der Waals surface area contributed by atoms with Gasteiger partial charge in [-0.2, -0.15) is 0 Å². The van der Waals surface area contributed by atoms with Crippen molar-refractivity contribution in [3.05, 3.63) is 24.3 Å². The number of carbonyl (C=O) groups excluding carboxylic acids is 3. The molecule has 0 bridgehead atoms. The second-order valence-corrected chi connectivity index (χ2v) is 4.51. The fourth-order valence-electron chi connectivity index (χ4n) is 1.86. The summed E-state index contributed by atoms with van der Waals surface area (Å²) in [6.45, 7) is 1.03. The number of anilines is 2. The number of nitrogens with one attached hydrogen (secondary N) is 1. The minimum absolute atomic E-state index is 0.0615. The first-order valence-corrected chi connectivity index (χ1v) is 6.33. The monoisotopic (exact) mass is 292 g/mol. The summed E-state index contributed by atoms with van der Waals surface area (Å²) in [6.07, 6.45) is 0. The molecule has 8 heteroatoms. The number of morpholine rings is 1. The molecule has 0 aliphatic carbocycles. The molecule has 0 unspecified atom stereocenters. The summed E-state index contributed by atoms with van der Waals surface area (Å²) in [7, 11) is 0. The first-order chi connectivity index (χ1) is 9.99. The molecule has 5 N–H and O–H groups in total. The summed E-state index contributed by atoms with van der Waals surface area (Å²) in [5.41, 5.74) is 11.4. The third-order valence-corrected chi connectivity index (χ3v) is 3.02. The van der Waals surface area contributed by atoms with Gasteiger partial charge in [0.15, 0.2) is 6.04 Å². The number of hydrogen-bond acceptors (Lipinski definition) is 5. The van der Waals surface area contributed by atoms with Crippen LogP contribution in [0.2, 0.25) is 0 Å². The SMILES string of the molecule is NC(=O)[C@H](N)C(=O)Nc1ccc(N2CCOCC2=O)cc1. The van der Waals surface area contributed by atoms with Gasteiger partial charge in [0, 0.05) is 17.9 Å². The summed E-state index contributed by atoms with van der Waals surface area (Å²) in [5.74, 6) is -1.70. The molecule has 0 saturated carbocycles. The Morgan fingerprint density at radius 1 is 1.29 bits per heavy atom. The molecule has 1 aromatic carbocycles. The highest BCUT2D eigenvalue weighted by atomic mass is 16.5. The molecule has 1 fully saturated rings. The van der Waals surface area contributed by atoms with Crippen molar-refractivity contribution in [2.24, 2.45) is 11.5 Å². The molecule has 1 saturated heterocycles. The lowest BCUT2D eigenvalue weighted by atomic mass is 10.2. The Labute approximate surface area is 121 Å². The molecule has 1 heterocycles.